The van der Waals surface area contributed by atoms with Crippen molar-refractivity contribution in [1.82, 2.24) is 10.6 Å². The van der Waals surface area contributed by atoms with Crippen molar-refractivity contribution >= 4 is 35.8 Å². The van der Waals surface area contributed by atoms with Crippen molar-refractivity contribution in [3.8, 4) is 0 Å². The number of guanidine groups is 1. The molecule has 0 saturated carbocycles. The third kappa shape index (κ3) is 11.2. The van der Waals surface area contributed by atoms with Gasteiger partial charge in [-0.3, -0.25) is 4.79 Å². The van der Waals surface area contributed by atoms with E-state index in [-0.39, 0.29) is 35.9 Å². The summed E-state index contributed by atoms with van der Waals surface area (Å²) in [4.78, 5) is 16.6. The Labute approximate surface area is 182 Å². The minimum Gasteiger partial charge on any atom is -0.370 e. The van der Waals surface area contributed by atoms with Gasteiger partial charge in [0, 0.05) is 17.6 Å². The molecule has 0 aliphatic heterocycles. The van der Waals surface area contributed by atoms with Gasteiger partial charge in [0.1, 0.15) is 0 Å². The molecule has 1 aromatic carbocycles. The van der Waals surface area contributed by atoms with Gasteiger partial charge in [-0.25, -0.2) is 4.99 Å². The lowest BCUT2D eigenvalue weighted by Gasteiger charge is -2.15. The molecule has 27 heavy (non-hydrogen) atoms. The number of aliphatic imine (C=N–C) groups is 1. The summed E-state index contributed by atoms with van der Waals surface area (Å²) < 4.78 is 0. The fraction of sp³-hybridized carbons (Fsp3) is 0.619. The maximum atomic E-state index is 12.2. The van der Waals surface area contributed by atoms with Crippen LogP contribution in [0.5, 0.6) is 0 Å². The molecule has 6 heteroatoms. The van der Waals surface area contributed by atoms with Crippen LogP contribution in [0.1, 0.15) is 76.2 Å². The summed E-state index contributed by atoms with van der Waals surface area (Å²) in [6.45, 7) is 11.1. The second-order valence-corrected chi connectivity index (χ2v) is 7.55. The van der Waals surface area contributed by atoms with E-state index in [0.717, 1.165) is 24.3 Å². The first-order chi connectivity index (χ1) is 12.3. The average Bonchev–Trinajstić information content (AvgIpc) is 2.59. The second kappa shape index (κ2) is 13.8. The van der Waals surface area contributed by atoms with Crippen molar-refractivity contribution in [2.45, 2.75) is 78.9 Å². The predicted octanol–water partition coefficient (Wildman–Crippen LogP) is 4.45. The lowest BCUT2D eigenvalue weighted by atomic mass is 10.0. The van der Waals surface area contributed by atoms with Crippen LogP contribution in [0.2, 0.25) is 0 Å². The molecule has 0 aliphatic carbocycles. The van der Waals surface area contributed by atoms with E-state index >= 15 is 0 Å². The molecule has 0 aromatic heterocycles. The van der Waals surface area contributed by atoms with Crippen molar-refractivity contribution < 1.29 is 4.79 Å². The van der Waals surface area contributed by atoms with E-state index < -0.39 is 0 Å². The van der Waals surface area contributed by atoms with Crippen LogP contribution in [0.3, 0.4) is 0 Å². The molecule has 1 rings (SSSR count). The molecule has 0 heterocycles. The van der Waals surface area contributed by atoms with Gasteiger partial charge in [-0.1, -0.05) is 45.7 Å². The minimum absolute atomic E-state index is 0. The van der Waals surface area contributed by atoms with Gasteiger partial charge in [0.05, 0.1) is 6.54 Å². The minimum atomic E-state index is -0.0462. The molecule has 0 bridgehead atoms. The molecule has 4 N–H and O–H groups in total. The van der Waals surface area contributed by atoms with E-state index in [1.807, 2.05) is 31.2 Å². The van der Waals surface area contributed by atoms with Crippen LogP contribution < -0.4 is 16.4 Å². The summed E-state index contributed by atoms with van der Waals surface area (Å²) in [6.07, 6.45) is 4.41. The summed E-state index contributed by atoms with van der Waals surface area (Å²) in [5, 5.41) is 6.22. The predicted molar refractivity (Wildman–Crippen MR) is 126 cm³/mol. The van der Waals surface area contributed by atoms with Crippen LogP contribution in [0, 0.1) is 5.92 Å². The molecular weight excluding hydrogens is 451 g/mol. The standard InChI is InChI=1S/C21H36N4O.HI/c1-6-16(4)24-20(26)19-12-8-11-18(13-19)14-23-21(22)25-17(5)10-7-9-15(2)3;/h8,11-13,15-17H,6-7,9-10,14H2,1-5H3,(H,24,26)(H3,22,23,25);1H. The Balaban J connectivity index is 0.00000676. The van der Waals surface area contributed by atoms with Gasteiger partial charge in [-0.05, 0) is 50.3 Å². The van der Waals surface area contributed by atoms with Crippen LogP contribution in [0.15, 0.2) is 29.3 Å². The molecular formula is C21H37IN4O. The SMILES string of the molecule is CCC(C)NC(=O)c1cccc(CN=C(N)NC(C)CCCC(C)C)c1.I. The Morgan fingerprint density at radius 3 is 2.44 bits per heavy atom. The van der Waals surface area contributed by atoms with Gasteiger partial charge < -0.3 is 16.4 Å². The van der Waals surface area contributed by atoms with Crippen molar-refractivity contribution in [3.05, 3.63) is 35.4 Å². The lowest BCUT2D eigenvalue weighted by molar-refractivity contribution is 0.0939. The van der Waals surface area contributed by atoms with Crippen molar-refractivity contribution in [2.24, 2.45) is 16.6 Å². The Morgan fingerprint density at radius 1 is 1.11 bits per heavy atom. The van der Waals surface area contributed by atoms with E-state index in [2.05, 4.69) is 43.3 Å². The normalized spacial score (nSPS) is 13.6. The number of nitrogens with two attached hydrogens (primary N) is 1. The number of benzene rings is 1. The summed E-state index contributed by atoms with van der Waals surface area (Å²) >= 11 is 0. The molecule has 0 radical (unpaired) electrons. The van der Waals surface area contributed by atoms with Crippen molar-refractivity contribution in [2.75, 3.05) is 0 Å². The largest absolute Gasteiger partial charge is 0.370 e. The maximum absolute atomic E-state index is 12.2. The number of nitrogens with one attached hydrogen (secondary N) is 2. The highest BCUT2D eigenvalue weighted by Gasteiger charge is 2.09. The number of hydrogen-bond donors (Lipinski definition) is 3. The summed E-state index contributed by atoms with van der Waals surface area (Å²) in [7, 11) is 0. The zero-order valence-electron chi connectivity index (χ0n) is 17.4. The van der Waals surface area contributed by atoms with Gasteiger partial charge in [-0.2, -0.15) is 0 Å². The number of rotatable bonds is 10. The maximum Gasteiger partial charge on any atom is 0.251 e. The van der Waals surface area contributed by atoms with E-state index in [4.69, 9.17) is 5.73 Å². The number of nitrogens with zero attached hydrogens (tertiary/aromatic N) is 1. The average molecular weight is 488 g/mol. The van der Waals surface area contributed by atoms with E-state index in [1.165, 1.54) is 12.8 Å². The van der Waals surface area contributed by atoms with Gasteiger partial charge in [-0.15, -0.1) is 24.0 Å². The zero-order chi connectivity index (χ0) is 19.5. The van der Waals surface area contributed by atoms with Crippen LogP contribution in [-0.2, 0) is 6.54 Å². The third-order valence-corrected chi connectivity index (χ3v) is 4.42. The molecule has 0 fully saturated rings. The van der Waals surface area contributed by atoms with E-state index in [1.54, 1.807) is 0 Å². The first kappa shape index (κ1) is 25.7. The summed E-state index contributed by atoms with van der Waals surface area (Å²) in [6, 6.07) is 8.02. The van der Waals surface area contributed by atoms with Gasteiger partial charge in [0.15, 0.2) is 5.96 Å². The molecule has 1 aromatic rings. The first-order valence-electron chi connectivity index (χ1n) is 9.78. The summed E-state index contributed by atoms with van der Waals surface area (Å²) in [5.41, 5.74) is 7.63. The first-order valence-corrected chi connectivity index (χ1v) is 9.78. The Hall–Kier alpha value is -1.31. The highest BCUT2D eigenvalue weighted by molar-refractivity contribution is 14.0. The Bertz CT molecular complexity index is 589. The monoisotopic (exact) mass is 488 g/mol. The van der Waals surface area contributed by atoms with Crippen LogP contribution in [0.25, 0.3) is 0 Å². The van der Waals surface area contributed by atoms with Gasteiger partial charge >= 0.3 is 0 Å². The van der Waals surface area contributed by atoms with Crippen molar-refractivity contribution in [1.29, 1.82) is 0 Å². The highest BCUT2D eigenvalue weighted by atomic mass is 127. The van der Waals surface area contributed by atoms with E-state index in [0.29, 0.717) is 24.1 Å². The number of carbonyl (C=O) groups is 1. The lowest BCUT2D eigenvalue weighted by Crippen LogP contribution is -2.38. The number of amides is 1. The molecule has 2 atom stereocenters. The van der Waals surface area contributed by atoms with Crippen LogP contribution >= 0.6 is 24.0 Å². The molecule has 2 unspecified atom stereocenters. The van der Waals surface area contributed by atoms with E-state index in [9.17, 15) is 4.79 Å². The Kier molecular flexibility index (Phi) is 13.1. The van der Waals surface area contributed by atoms with Gasteiger partial charge in [0.2, 0.25) is 0 Å². The van der Waals surface area contributed by atoms with Crippen LogP contribution in [-0.4, -0.2) is 24.0 Å². The number of halogens is 1. The summed E-state index contributed by atoms with van der Waals surface area (Å²) in [5.74, 6) is 1.14. The van der Waals surface area contributed by atoms with Crippen LogP contribution in [0.4, 0.5) is 0 Å². The highest BCUT2D eigenvalue weighted by Crippen LogP contribution is 2.09. The quantitative estimate of drug-likeness (QED) is 0.259. The smallest absolute Gasteiger partial charge is 0.251 e. The fourth-order valence-electron chi connectivity index (χ4n) is 2.60. The van der Waals surface area contributed by atoms with Gasteiger partial charge in [0.25, 0.3) is 5.91 Å². The zero-order valence-corrected chi connectivity index (χ0v) is 19.7. The topological polar surface area (TPSA) is 79.5 Å². The fourth-order valence-corrected chi connectivity index (χ4v) is 2.60. The third-order valence-electron chi connectivity index (χ3n) is 4.42. The molecule has 1 amide bonds. The van der Waals surface area contributed by atoms with Crippen molar-refractivity contribution in [3.63, 3.8) is 0 Å². The number of hydrogen-bond acceptors (Lipinski definition) is 2. The second-order valence-electron chi connectivity index (χ2n) is 7.55. The molecule has 0 aliphatic rings. The molecule has 5 nitrogen and oxygen atoms in total. The molecule has 0 saturated heterocycles. The molecule has 154 valence electrons. The Morgan fingerprint density at radius 2 is 1.81 bits per heavy atom. The molecule has 0 spiro atoms. The number of carbonyl (C=O) groups excluding carboxylic acids is 1.